The summed E-state index contributed by atoms with van der Waals surface area (Å²) >= 11 is 1.51. The molecule has 7 rings (SSSR count). The number of hydrogen-bond donors (Lipinski definition) is 1. The van der Waals surface area contributed by atoms with Crippen molar-refractivity contribution in [3.8, 4) is 5.13 Å². The van der Waals surface area contributed by atoms with E-state index in [2.05, 4.69) is 5.32 Å². The minimum Gasteiger partial charge on any atom is -0.422 e. The summed E-state index contributed by atoms with van der Waals surface area (Å²) in [4.78, 5) is 30.9. The van der Waals surface area contributed by atoms with Crippen LogP contribution in [-0.4, -0.2) is 20.7 Å². The van der Waals surface area contributed by atoms with Gasteiger partial charge in [0.25, 0.3) is 5.91 Å². The van der Waals surface area contributed by atoms with Crippen molar-refractivity contribution in [2.45, 2.75) is 19.3 Å². The SMILES string of the molecule is O=C(Nc1c2c(nn1-c1nc3ccccc3s1)CCC2)c1cc2c(ccc3ccccc32)oc1=O. The average Bonchev–Trinajstić information content (AvgIpc) is 3.58. The topological polar surface area (TPSA) is 90.0 Å². The smallest absolute Gasteiger partial charge is 0.349 e. The minimum atomic E-state index is -0.673. The van der Waals surface area contributed by atoms with Crippen molar-refractivity contribution in [2.24, 2.45) is 0 Å². The number of anilines is 1. The van der Waals surface area contributed by atoms with Crippen LogP contribution < -0.4 is 10.9 Å². The summed E-state index contributed by atoms with van der Waals surface area (Å²) in [6.45, 7) is 0. The molecule has 8 heteroatoms. The van der Waals surface area contributed by atoms with Crippen LogP contribution in [0.4, 0.5) is 5.82 Å². The molecule has 0 spiro atoms. The second kappa shape index (κ2) is 7.61. The van der Waals surface area contributed by atoms with Crippen molar-refractivity contribution in [3.05, 3.63) is 94.0 Å². The maximum atomic E-state index is 13.4. The van der Waals surface area contributed by atoms with Gasteiger partial charge >= 0.3 is 5.63 Å². The normalized spacial score (nSPS) is 13.0. The first-order valence-corrected chi connectivity index (χ1v) is 12.2. The maximum Gasteiger partial charge on any atom is 0.349 e. The number of fused-ring (bicyclic) bond motifs is 5. The Hall–Kier alpha value is -4.30. The van der Waals surface area contributed by atoms with Gasteiger partial charge in [-0.05, 0) is 54.3 Å². The molecule has 0 saturated heterocycles. The Morgan fingerprint density at radius 1 is 1.00 bits per heavy atom. The summed E-state index contributed by atoms with van der Waals surface area (Å²) in [6, 6.07) is 21.0. The van der Waals surface area contributed by atoms with Gasteiger partial charge in [-0.3, -0.25) is 4.79 Å². The highest BCUT2D eigenvalue weighted by Crippen LogP contribution is 2.34. The van der Waals surface area contributed by atoms with Gasteiger partial charge in [0.15, 0.2) is 0 Å². The van der Waals surface area contributed by atoms with Gasteiger partial charge in [0, 0.05) is 10.9 Å². The van der Waals surface area contributed by atoms with Crippen LogP contribution in [-0.2, 0) is 12.8 Å². The van der Waals surface area contributed by atoms with E-state index in [0.29, 0.717) is 16.5 Å². The standard InChI is InChI=1S/C27H18N4O3S/c32-25(19-14-18-16-7-2-1-6-15(16)12-13-22(18)34-26(19)33)29-24-17-8-5-10-20(17)30-31(24)27-28-21-9-3-4-11-23(21)35-27/h1-4,6-7,9,11-14H,5,8,10H2,(H,29,32). The highest BCUT2D eigenvalue weighted by molar-refractivity contribution is 7.20. The number of para-hydroxylation sites is 1. The first kappa shape index (κ1) is 20.1. The Balaban J connectivity index is 1.34. The molecule has 1 amide bonds. The number of aromatic nitrogens is 3. The van der Waals surface area contributed by atoms with Crippen molar-refractivity contribution >= 4 is 55.0 Å². The average molecular weight is 479 g/mol. The van der Waals surface area contributed by atoms with Gasteiger partial charge in [0.1, 0.15) is 17.0 Å². The van der Waals surface area contributed by atoms with E-state index in [1.165, 1.54) is 11.3 Å². The molecule has 0 atom stereocenters. The maximum absolute atomic E-state index is 13.4. The third-order valence-electron chi connectivity index (χ3n) is 6.49. The van der Waals surface area contributed by atoms with Crippen LogP contribution >= 0.6 is 11.3 Å². The summed E-state index contributed by atoms with van der Waals surface area (Å²) < 4.78 is 8.28. The van der Waals surface area contributed by atoms with Crippen molar-refractivity contribution in [1.29, 1.82) is 0 Å². The van der Waals surface area contributed by atoms with E-state index < -0.39 is 11.5 Å². The largest absolute Gasteiger partial charge is 0.422 e. The lowest BCUT2D eigenvalue weighted by Gasteiger charge is -2.09. The molecule has 0 fully saturated rings. The fourth-order valence-corrected chi connectivity index (χ4v) is 5.74. The summed E-state index contributed by atoms with van der Waals surface area (Å²) in [6.07, 6.45) is 2.64. The zero-order chi connectivity index (χ0) is 23.5. The Kier molecular flexibility index (Phi) is 4.37. The van der Waals surface area contributed by atoms with Crippen molar-refractivity contribution in [2.75, 3.05) is 5.32 Å². The van der Waals surface area contributed by atoms with E-state index in [9.17, 15) is 9.59 Å². The van der Waals surface area contributed by atoms with E-state index in [1.54, 1.807) is 16.8 Å². The molecular weight excluding hydrogens is 460 g/mol. The van der Waals surface area contributed by atoms with Crippen LogP contribution in [0.25, 0.3) is 37.1 Å². The highest BCUT2D eigenvalue weighted by atomic mass is 32.1. The van der Waals surface area contributed by atoms with Gasteiger partial charge in [0.2, 0.25) is 5.13 Å². The monoisotopic (exact) mass is 478 g/mol. The lowest BCUT2D eigenvalue weighted by Crippen LogP contribution is -2.22. The van der Waals surface area contributed by atoms with Crippen LogP contribution in [0, 0.1) is 0 Å². The third kappa shape index (κ3) is 3.18. The van der Waals surface area contributed by atoms with E-state index in [1.807, 2.05) is 54.6 Å². The molecule has 3 heterocycles. The van der Waals surface area contributed by atoms with Gasteiger partial charge in [-0.15, -0.1) is 0 Å². The number of carbonyl (C=O) groups excluding carboxylic acids is 1. The molecule has 1 N–H and O–H groups in total. The number of carbonyl (C=O) groups is 1. The van der Waals surface area contributed by atoms with Crippen molar-refractivity contribution < 1.29 is 9.21 Å². The van der Waals surface area contributed by atoms with Crippen LogP contribution in [0.2, 0.25) is 0 Å². The Morgan fingerprint density at radius 3 is 2.77 bits per heavy atom. The number of amides is 1. The summed E-state index contributed by atoms with van der Waals surface area (Å²) in [7, 11) is 0. The third-order valence-corrected chi connectivity index (χ3v) is 7.50. The lowest BCUT2D eigenvalue weighted by molar-refractivity contribution is 0.102. The molecule has 6 aromatic rings. The van der Waals surface area contributed by atoms with Crippen LogP contribution in [0.3, 0.4) is 0 Å². The number of aryl methyl sites for hydroxylation is 1. The molecule has 7 nitrogen and oxygen atoms in total. The molecule has 0 aliphatic heterocycles. The fourth-order valence-electron chi connectivity index (χ4n) is 4.81. The molecule has 0 unspecified atom stereocenters. The van der Waals surface area contributed by atoms with E-state index in [0.717, 1.165) is 56.9 Å². The molecule has 1 aliphatic carbocycles. The molecule has 1 aliphatic rings. The first-order valence-electron chi connectivity index (χ1n) is 11.4. The Morgan fingerprint density at radius 2 is 1.86 bits per heavy atom. The van der Waals surface area contributed by atoms with Crippen molar-refractivity contribution in [3.63, 3.8) is 0 Å². The van der Waals surface area contributed by atoms with Gasteiger partial charge in [-0.2, -0.15) is 9.78 Å². The van der Waals surface area contributed by atoms with Gasteiger partial charge in [0.05, 0.1) is 15.9 Å². The molecule has 35 heavy (non-hydrogen) atoms. The first-order chi connectivity index (χ1) is 17.2. The highest BCUT2D eigenvalue weighted by Gasteiger charge is 2.27. The number of thiazole rings is 1. The van der Waals surface area contributed by atoms with Crippen LogP contribution in [0.15, 0.2) is 75.9 Å². The second-order valence-electron chi connectivity index (χ2n) is 8.60. The summed E-state index contributed by atoms with van der Waals surface area (Å²) in [5, 5.41) is 11.1. The molecule has 0 saturated carbocycles. The number of nitrogens with one attached hydrogen (secondary N) is 1. The Bertz CT molecular complexity index is 1830. The predicted molar refractivity (Wildman–Crippen MR) is 137 cm³/mol. The number of hydrogen-bond acceptors (Lipinski definition) is 6. The number of rotatable bonds is 3. The molecular formula is C27H18N4O3S. The minimum absolute atomic E-state index is 0.0438. The zero-order valence-corrected chi connectivity index (χ0v) is 19.3. The fraction of sp³-hybridized carbons (Fsp3) is 0.111. The van der Waals surface area contributed by atoms with E-state index in [-0.39, 0.29) is 5.56 Å². The van der Waals surface area contributed by atoms with Crippen LogP contribution in [0.1, 0.15) is 28.0 Å². The molecule has 3 aromatic heterocycles. The van der Waals surface area contributed by atoms with Crippen molar-refractivity contribution in [1.82, 2.24) is 14.8 Å². The molecule has 170 valence electrons. The summed E-state index contributed by atoms with van der Waals surface area (Å²) in [5.41, 5.74) is 2.56. The van der Waals surface area contributed by atoms with E-state index in [4.69, 9.17) is 14.5 Å². The predicted octanol–water partition coefficient (Wildman–Crippen LogP) is 5.48. The van der Waals surface area contributed by atoms with E-state index >= 15 is 0 Å². The Labute approximate surface area is 202 Å². The van der Waals surface area contributed by atoms with Gasteiger partial charge < -0.3 is 9.73 Å². The number of benzene rings is 3. The number of nitrogens with zero attached hydrogens (tertiary/aromatic N) is 3. The zero-order valence-electron chi connectivity index (χ0n) is 18.4. The molecule has 0 bridgehead atoms. The van der Waals surface area contributed by atoms with Gasteiger partial charge in [-0.25, -0.2) is 9.78 Å². The molecule has 3 aromatic carbocycles. The van der Waals surface area contributed by atoms with Crippen LogP contribution in [0.5, 0.6) is 0 Å². The molecule has 0 radical (unpaired) electrons. The van der Waals surface area contributed by atoms with Gasteiger partial charge in [-0.1, -0.05) is 53.8 Å². The second-order valence-corrected chi connectivity index (χ2v) is 9.61. The summed E-state index contributed by atoms with van der Waals surface area (Å²) in [5.74, 6) is 0.0459. The quantitative estimate of drug-likeness (QED) is 0.269. The lowest BCUT2D eigenvalue weighted by atomic mass is 10.0.